The van der Waals surface area contributed by atoms with E-state index in [9.17, 15) is 14.0 Å². The molecule has 0 fully saturated rings. The normalized spacial score (nSPS) is 17.6. The van der Waals surface area contributed by atoms with Crippen LogP contribution < -0.4 is 0 Å². The fourth-order valence-electron chi connectivity index (χ4n) is 2.47. The molecule has 0 aromatic rings. The van der Waals surface area contributed by atoms with E-state index in [2.05, 4.69) is 54.9 Å². The van der Waals surface area contributed by atoms with Crippen LogP contribution in [0.15, 0.2) is 46.6 Å². The zero-order chi connectivity index (χ0) is 22.5. The molecule has 0 radical (unpaired) electrons. The Morgan fingerprint density at radius 3 is 1.59 bits per heavy atom. The summed E-state index contributed by atoms with van der Waals surface area (Å²) in [4.78, 5) is 18.4. The van der Waals surface area contributed by atoms with E-state index >= 15 is 0 Å². The van der Waals surface area contributed by atoms with Gasteiger partial charge in [0.05, 0.1) is 6.16 Å². The van der Waals surface area contributed by atoms with Gasteiger partial charge in [-0.15, -0.1) is 4.67 Å². The molecule has 0 aliphatic heterocycles. The Balaban J connectivity index is 4.32. The average molecular weight is 450 g/mol. The maximum atomic E-state index is 11.7. The minimum atomic E-state index is -4.92. The highest BCUT2D eigenvalue weighted by atomic mass is 31.3. The summed E-state index contributed by atoms with van der Waals surface area (Å²) in [7, 11) is -9.30. The first kappa shape index (κ1) is 28.2. The van der Waals surface area contributed by atoms with Gasteiger partial charge in [-0.1, -0.05) is 46.6 Å². The molecule has 7 nitrogen and oxygen atoms in total. The van der Waals surface area contributed by atoms with Crippen molar-refractivity contribution in [1.29, 1.82) is 0 Å². The molecule has 0 spiro atoms. The predicted molar refractivity (Wildman–Crippen MR) is 118 cm³/mol. The van der Waals surface area contributed by atoms with Crippen molar-refractivity contribution in [2.45, 2.75) is 73.1 Å². The van der Waals surface area contributed by atoms with Gasteiger partial charge in [0.15, 0.2) is 0 Å². The summed E-state index contributed by atoms with van der Waals surface area (Å²) in [6, 6.07) is 0. The highest BCUT2D eigenvalue weighted by molar-refractivity contribution is 7.64. The van der Waals surface area contributed by atoms with E-state index in [-0.39, 0.29) is 0 Å². The van der Waals surface area contributed by atoms with E-state index < -0.39 is 21.6 Å². The maximum Gasteiger partial charge on any atom is 0.506 e. The van der Waals surface area contributed by atoms with Gasteiger partial charge in [-0.05, 0) is 73.1 Å². The van der Waals surface area contributed by atoms with Crippen molar-refractivity contribution in [3.63, 3.8) is 0 Å². The Kier molecular flexibility index (Phi) is 13.9. The van der Waals surface area contributed by atoms with Crippen molar-refractivity contribution in [2.24, 2.45) is 0 Å². The summed E-state index contributed by atoms with van der Waals surface area (Å²) >= 11 is 0. The second-order valence-electron chi connectivity index (χ2n) is 7.50. The van der Waals surface area contributed by atoms with Crippen LogP contribution in [0.25, 0.3) is 0 Å². The molecule has 3 N–H and O–H groups in total. The maximum absolute atomic E-state index is 11.7. The van der Waals surface area contributed by atoms with Crippen LogP contribution in [0, 0.1) is 0 Å². The SMILES string of the molecule is CC(C)=CCC/C(C)=C\CC/C(C)=C\CC/C(C)=C\CP(=O)(O)OP(=O)(O)OO. The zero-order valence-corrected chi connectivity index (χ0v) is 19.9. The summed E-state index contributed by atoms with van der Waals surface area (Å²) in [5, 5.41) is 8.15. The Morgan fingerprint density at radius 1 is 0.759 bits per heavy atom. The largest absolute Gasteiger partial charge is 0.506 e. The van der Waals surface area contributed by atoms with E-state index in [1.165, 1.54) is 22.8 Å². The number of allylic oxidation sites excluding steroid dienone is 8. The molecule has 0 amide bonds. The molecule has 0 aromatic carbocycles. The summed E-state index contributed by atoms with van der Waals surface area (Å²) in [6.07, 6.45) is 13.4. The lowest BCUT2D eigenvalue weighted by molar-refractivity contribution is -0.156. The van der Waals surface area contributed by atoms with Crippen LogP contribution in [0.5, 0.6) is 0 Å². The summed E-state index contributed by atoms with van der Waals surface area (Å²) in [5.41, 5.74) is 4.91. The molecule has 2 atom stereocenters. The molecule has 29 heavy (non-hydrogen) atoms. The Labute approximate surface area is 174 Å². The van der Waals surface area contributed by atoms with E-state index in [0.29, 0.717) is 6.42 Å². The van der Waals surface area contributed by atoms with Crippen molar-refractivity contribution in [3.05, 3.63) is 46.6 Å². The molecule has 168 valence electrons. The molecule has 9 heteroatoms. The third-order valence-corrected chi connectivity index (χ3v) is 6.86. The van der Waals surface area contributed by atoms with Gasteiger partial charge in [-0.3, -0.25) is 4.57 Å². The molecule has 0 bridgehead atoms. The predicted octanol–water partition coefficient (Wildman–Crippen LogP) is 6.92. The van der Waals surface area contributed by atoms with Gasteiger partial charge in [-0.2, -0.15) is 0 Å². The number of rotatable bonds is 14. The van der Waals surface area contributed by atoms with E-state index in [0.717, 1.165) is 37.7 Å². The number of phosphoric acid groups is 1. The van der Waals surface area contributed by atoms with Crippen molar-refractivity contribution in [1.82, 2.24) is 0 Å². The molecule has 2 unspecified atom stereocenters. The second-order valence-corrected chi connectivity index (χ2v) is 10.9. The fourth-order valence-corrected chi connectivity index (χ4v) is 4.69. The Morgan fingerprint density at radius 2 is 1.17 bits per heavy atom. The van der Waals surface area contributed by atoms with Crippen molar-refractivity contribution >= 4 is 15.4 Å². The van der Waals surface area contributed by atoms with Crippen molar-refractivity contribution in [3.8, 4) is 0 Å². The first-order chi connectivity index (χ1) is 13.4. The molecule has 0 heterocycles. The van der Waals surface area contributed by atoms with Gasteiger partial charge >= 0.3 is 15.4 Å². The van der Waals surface area contributed by atoms with Crippen LogP contribution in [-0.4, -0.2) is 21.2 Å². The van der Waals surface area contributed by atoms with Gasteiger partial charge in [0.2, 0.25) is 0 Å². The first-order valence-electron chi connectivity index (χ1n) is 9.66. The van der Waals surface area contributed by atoms with Gasteiger partial charge in [0, 0.05) is 0 Å². The van der Waals surface area contributed by atoms with Crippen LogP contribution in [0.4, 0.5) is 0 Å². The summed E-state index contributed by atoms with van der Waals surface area (Å²) < 4.78 is 29.9. The molecule has 0 aliphatic carbocycles. The Hall–Kier alpha value is -0.780. The van der Waals surface area contributed by atoms with Crippen LogP contribution in [0.2, 0.25) is 0 Å². The first-order valence-corrected chi connectivity index (χ1v) is 12.9. The van der Waals surface area contributed by atoms with E-state index in [4.69, 9.17) is 10.2 Å². The highest BCUT2D eigenvalue weighted by Crippen LogP contribution is 2.59. The summed E-state index contributed by atoms with van der Waals surface area (Å²) in [6.45, 7) is 10.3. The second kappa shape index (κ2) is 14.3. The van der Waals surface area contributed by atoms with Gasteiger partial charge < -0.3 is 9.79 Å². The minimum absolute atomic E-state index is 0.438. The third-order valence-electron chi connectivity index (χ3n) is 4.16. The molecule has 0 aliphatic rings. The minimum Gasteiger partial charge on any atom is -0.324 e. The van der Waals surface area contributed by atoms with Gasteiger partial charge in [0.1, 0.15) is 0 Å². The molecular formula is C20H36O7P2. The standard InChI is InChI=1S/C20H36O7P2/c1-17(2)9-6-10-18(3)11-7-12-19(4)13-8-14-20(5)15-16-28(22,23)27-29(24,25)26-21/h9,11,13,15,21H,6-8,10,12,14,16H2,1-5H3,(H,22,23)(H,24,25)/b18-11-,19-13-,20-15-. The topological polar surface area (TPSA) is 113 Å². The molecule has 0 saturated heterocycles. The molecular weight excluding hydrogens is 414 g/mol. The van der Waals surface area contributed by atoms with Gasteiger partial charge in [0.25, 0.3) is 0 Å². The average Bonchev–Trinajstić information content (AvgIpc) is 2.59. The molecule has 0 rings (SSSR count). The van der Waals surface area contributed by atoms with E-state index in [1.54, 1.807) is 0 Å². The van der Waals surface area contributed by atoms with E-state index in [1.807, 2.05) is 6.92 Å². The van der Waals surface area contributed by atoms with Crippen LogP contribution in [-0.2, 0) is 18.1 Å². The third kappa shape index (κ3) is 16.7. The lowest BCUT2D eigenvalue weighted by Gasteiger charge is -2.12. The summed E-state index contributed by atoms with van der Waals surface area (Å²) in [5.74, 6) is 0. The monoisotopic (exact) mass is 450 g/mol. The van der Waals surface area contributed by atoms with Crippen molar-refractivity contribution < 1.29 is 33.2 Å². The quantitative estimate of drug-likeness (QED) is 0.114. The zero-order valence-electron chi connectivity index (χ0n) is 18.1. The van der Waals surface area contributed by atoms with Crippen molar-refractivity contribution in [2.75, 3.05) is 6.16 Å². The highest BCUT2D eigenvalue weighted by Gasteiger charge is 2.33. The van der Waals surface area contributed by atoms with Crippen LogP contribution >= 0.6 is 15.4 Å². The smallest absolute Gasteiger partial charge is 0.324 e. The van der Waals surface area contributed by atoms with Crippen LogP contribution in [0.1, 0.15) is 73.1 Å². The Bertz CT molecular complexity index is 716. The molecule has 0 saturated carbocycles. The molecule has 0 aromatic heterocycles. The lowest BCUT2D eigenvalue weighted by atomic mass is 10.0. The van der Waals surface area contributed by atoms with Gasteiger partial charge in [-0.25, -0.2) is 14.1 Å². The lowest BCUT2D eigenvalue weighted by Crippen LogP contribution is -1.94. The number of hydrogen-bond acceptors (Lipinski definition) is 5. The number of hydrogen-bond donors (Lipinski definition) is 3. The van der Waals surface area contributed by atoms with Crippen LogP contribution in [0.3, 0.4) is 0 Å². The fraction of sp³-hybridized carbons (Fsp3) is 0.600.